The molecular weight excluding hydrogens is 491 g/mol. The molecule has 0 spiro atoms. The molecule has 0 bridgehead atoms. The van der Waals surface area contributed by atoms with Crippen molar-refractivity contribution in [1.29, 1.82) is 5.41 Å². The highest BCUT2D eigenvalue weighted by atomic mass is 79.9. The molecule has 0 aromatic rings. The molecule has 1 amide bonds. The second kappa shape index (κ2) is 8.14. The van der Waals surface area contributed by atoms with Gasteiger partial charge in [-0.3, -0.25) is 10.2 Å². The Morgan fingerprint density at radius 2 is 2.00 bits per heavy atom. The van der Waals surface area contributed by atoms with Gasteiger partial charge >= 0.3 is 0 Å². The predicted octanol–water partition coefficient (Wildman–Crippen LogP) is 3.70. The second-order valence-corrected chi connectivity index (χ2v) is 9.51. The van der Waals surface area contributed by atoms with Crippen molar-refractivity contribution in [3.05, 3.63) is 0 Å². The number of rotatable bonds is 4. The van der Waals surface area contributed by atoms with E-state index in [1.165, 1.54) is 0 Å². The summed E-state index contributed by atoms with van der Waals surface area (Å²) in [5, 5.41) is 13.6. The van der Waals surface area contributed by atoms with E-state index in [2.05, 4.69) is 26.4 Å². The molecule has 13 heteroatoms. The summed E-state index contributed by atoms with van der Waals surface area (Å²) in [4.78, 5) is 16.9. The number of amides is 1. The van der Waals surface area contributed by atoms with Crippen LogP contribution in [-0.2, 0) is 14.4 Å². The van der Waals surface area contributed by atoms with Crippen molar-refractivity contribution in [3.8, 4) is 0 Å². The standard InChI is InChI=1S/C9H8BrCl6N3O3/c10-5-1-4(22-19-5)3(18-7(20)9(14,15)16)2-21-6(17)8(11,12)13/h3-4,17H,1-2H2,(H,18,20)/t3-,4+/m0/s1. The molecule has 2 N–H and O–H groups in total. The largest absolute Gasteiger partial charge is 0.476 e. The summed E-state index contributed by atoms with van der Waals surface area (Å²) < 4.78 is 1.36. The van der Waals surface area contributed by atoms with Crippen molar-refractivity contribution in [2.75, 3.05) is 6.61 Å². The maximum atomic E-state index is 11.8. The molecule has 1 rings (SSSR count). The van der Waals surface area contributed by atoms with Crippen LogP contribution < -0.4 is 5.32 Å². The van der Waals surface area contributed by atoms with E-state index < -0.39 is 31.5 Å². The minimum absolute atomic E-state index is 0.250. The lowest BCUT2D eigenvalue weighted by Gasteiger charge is -2.25. The first-order valence-electron chi connectivity index (χ1n) is 5.45. The van der Waals surface area contributed by atoms with E-state index in [9.17, 15) is 4.79 Å². The number of nitrogens with one attached hydrogen (secondary N) is 2. The highest BCUT2D eigenvalue weighted by Crippen LogP contribution is 2.29. The predicted molar refractivity (Wildman–Crippen MR) is 92.0 cm³/mol. The van der Waals surface area contributed by atoms with Crippen LogP contribution in [0.25, 0.3) is 0 Å². The summed E-state index contributed by atoms with van der Waals surface area (Å²) in [6.07, 6.45) is -0.260. The summed E-state index contributed by atoms with van der Waals surface area (Å²) in [5.41, 5.74) is 0. The molecule has 22 heavy (non-hydrogen) atoms. The molecule has 1 aliphatic rings. The fourth-order valence-electron chi connectivity index (χ4n) is 1.33. The zero-order valence-electron chi connectivity index (χ0n) is 10.4. The van der Waals surface area contributed by atoms with Crippen LogP contribution in [0.4, 0.5) is 0 Å². The Kier molecular flexibility index (Phi) is 7.65. The van der Waals surface area contributed by atoms with Gasteiger partial charge in [-0.1, -0.05) is 74.8 Å². The summed E-state index contributed by atoms with van der Waals surface area (Å²) in [5.74, 6) is -1.51. The summed E-state index contributed by atoms with van der Waals surface area (Å²) in [7, 11) is 0. The Morgan fingerprint density at radius 1 is 1.41 bits per heavy atom. The number of carbonyl (C=O) groups excluding carboxylic acids is 1. The van der Waals surface area contributed by atoms with Gasteiger partial charge in [0.05, 0.1) is 0 Å². The quantitative estimate of drug-likeness (QED) is 0.352. The van der Waals surface area contributed by atoms with Gasteiger partial charge in [0.1, 0.15) is 17.3 Å². The van der Waals surface area contributed by atoms with Crippen molar-refractivity contribution in [1.82, 2.24) is 5.32 Å². The van der Waals surface area contributed by atoms with Gasteiger partial charge in [0.15, 0.2) is 6.10 Å². The molecule has 2 atom stereocenters. The monoisotopic (exact) mass is 495 g/mol. The van der Waals surface area contributed by atoms with Gasteiger partial charge < -0.3 is 14.9 Å². The van der Waals surface area contributed by atoms with Gasteiger partial charge in [0.2, 0.25) is 5.90 Å². The Balaban J connectivity index is 2.71. The normalized spacial score (nSPS) is 20.0. The average molecular weight is 499 g/mol. The first kappa shape index (κ1) is 20.7. The molecule has 1 heterocycles. The molecular formula is C9H8BrCl6N3O3. The summed E-state index contributed by atoms with van der Waals surface area (Å²) in [6.45, 7) is -0.250. The summed E-state index contributed by atoms with van der Waals surface area (Å²) >= 11 is 36.1. The molecule has 0 aromatic carbocycles. The van der Waals surface area contributed by atoms with Gasteiger partial charge in [0, 0.05) is 6.42 Å². The fraction of sp³-hybridized carbons (Fsp3) is 0.667. The maximum absolute atomic E-state index is 11.8. The third kappa shape index (κ3) is 6.63. The number of carbonyl (C=O) groups is 1. The van der Waals surface area contributed by atoms with E-state index in [1.807, 2.05) is 0 Å². The molecule has 0 saturated carbocycles. The SMILES string of the molecule is N=C(OC[C@H](NC(=O)C(Cl)(Cl)Cl)[C@H]1CC(Br)=NO1)C(Cl)(Cl)Cl. The number of ether oxygens (including phenoxy) is 1. The van der Waals surface area contributed by atoms with Crippen molar-refractivity contribution < 1.29 is 14.4 Å². The number of oxime groups is 1. The molecule has 6 nitrogen and oxygen atoms in total. The molecule has 0 radical (unpaired) electrons. The minimum Gasteiger partial charge on any atom is -0.476 e. The van der Waals surface area contributed by atoms with Crippen LogP contribution in [0.5, 0.6) is 0 Å². The first-order valence-corrected chi connectivity index (χ1v) is 8.51. The van der Waals surface area contributed by atoms with E-state index in [0.717, 1.165) is 0 Å². The van der Waals surface area contributed by atoms with Crippen LogP contribution in [0.3, 0.4) is 0 Å². The molecule has 126 valence electrons. The maximum Gasteiger partial charge on any atom is 0.272 e. The Morgan fingerprint density at radius 3 is 2.41 bits per heavy atom. The van der Waals surface area contributed by atoms with Crippen molar-refractivity contribution in [2.24, 2.45) is 5.16 Å². The lowest BCUT2D eigenvalue weighted by Crippen LogP contribution is -2.50. The van der Waals surface area contributed by atoms with Gasteiger partial charge in [-0.05, 0) is 15.9 Å². The molecule has 0 aliphatic carbocycles. The molecule has 1 aliphatic heterocycles. The van der Waals surface area contributed by atoms with Gasteiger partial charge in [-0.25, -0.2) is 0 Å². The number of halogens is 7. The first-order chi connectivity index (χ1) is 9.91. The minimum atomic E-state index is -2.17. The van der Waals surface area contributed by atoms with Crippen molar-refractivity contribution in [3.63, 3.8) is 0 Å². The smallest absolute Gasteiger partial charge is 0.272 e. The Bertz CT molecular complexity index is 478. The molecule has 0 saturated heterocycles. The van der Waals surface area contributed by atoms with Crippen molar-refractivity contribution >= 4 is 102 Å². The molecule has 0 unspecified atom stereocenters. The zero-order chi connectivity index (χ0) is 17.1. The van der Waals surface area contributed by atoms with Crippen molar-refractivity contribution in [2.45, 2.75) is 26.2 Å². The highest BCUT2D eigenvalue weighted by Gasteiger charge is 2.38. The zero-order valence-corrected chi connectivity index (χ0v) is 16.5. The van der Waals surface area contributed by atoms with Gasteiger partial charge in [-0.15, -0.1) is 0 Å². The van der Waals surface area contributed by atoms with E-state index >= 15 is 0 Å². The van der Waals surface area contributed by atoms with E-state index in [1.54, 1.807) is 0 Å². The molecule has 0 aromatic heterocycles. The Hall–Kier alpha value is 0.630. The van der Waals surface area contributed by atoms with E-state index in [4.69, 9.17) is 84.6 Å². The lowest BCUT2D eigenvalue weighted by atomic mass is 10.1. The van der Waals surface area contributed by atoms with E-state index in [0.29, 0.717) is 11.0 Å². The van der Waals surface area contributed by atoms with Gasteiger partial charge in [0.25, 0.3) is 13.5 Å². The van der Waals surface area contributed by atoms with Gasteiger partial charge in [-0.2, -0.15) is 0 Å². The number of hydrogen-bond donors (Lipinski definition) is 2. The highest BCUT2D eigenvalue weighted by molar-refractivity contribution is 9.18. The van der Waals surface area contributed by atoms with Crippen LogP contribution >= 0.6 is 85.5 Å². The second-order valence-electron chi connectivity index (χ2n) is 4.03. The van der Waals surface area contributed by atoms with Crippen LogP contribution in [-0.4, -0.2) is 42.8 Å². The lowest BCUT2D eigenvalue weighted by molar-refractivity contribution is -0.122. The Labute approximate surface area is 164 Å². The summed E-state index contributed by atoms with van der Waals surface area (Å²) in [6, 6.07) is -0.797. The fourth-order valence-corrected chi connectivity index (χ4v) is 2.06. The van der Waals surface area contributed by atoms with Crippen LogP contribution in [0.1, 0.15) is 6.42 Å². The third-order valence-corrected chi connectivity index (χ3v) is 3.84. The third-order valence-electron chi connectivity index (χ3n) is 2.34. The number of nitrogens with zero attached hydrogens (tertiary/aromatic N) is 1. The number of alkyl halides is 6. The topological polar surface area (TPSA) is 83.8 Å². The van der Waals surface area contributed by atoms with Crippen LogP contribution in [0, 0.1) is 5.41 Å². The van der Waals surface area contributed by atoms with Crippen LogP contribution in [0.2, 0.25) is 0 Å². The average Bonchev–Trinajstić information content (AvgIpc) is 2.77. The molecule has 0 fully saturated rings. The van der Waals surface area contributed by atoms with Crippen LogP contribution in [0.15, 0.2) is 5.16 Å². The number of hydrogen-bond acceptors (Lipinski definition) is 5. The van der Waals surface area contributed by atoms with E-state index in [-0.39, 0.29) is 6.61 Å².